The number of carbonyl (C=O) groups is 1. The number of hydrogen-bond donors (Lipinski definition) is 2. The minimum atomic E-state index is -0.789. The van der Waals surface area contributed by atoms with E-state index in [9.17, 15) is 4.79 Å². The highest BCUT2D eigenvalue weighted by molar-refractivity contribution is 7.97. The van der Waals surface area contributed by atoms with Crippen molar-refractivity contribution in [1.82, 2.24) is 0 Å². The number of carboxylic acids is 1. The lowest BCUT2D eigenvalue weighted by atomic mass is 10.2. The molecule has 0 rings (SSSR count). The van der Waals surface area contributed by atoms with E-state index in [1.807, 2.05) is 0 Å². The summed E-state index contributed by atoms with van der Waals surface area (Å²) in [6.45, 7) is 1.63. The summed E-state index contributed by atoms with van der Waals surface area (Å²) in [4.78, 5) is 10.0. The van der Waals surface area contributed by atoms with Gasteiger partial charge in [-0.2, -0.15) is 0 Å². The van der Waals surface area contributed by atoms with Crippen LogP contribution in [0.2, 0.25) is 0 Å². The van der Waals surface area contributed by atoms with Crippen molar-refractivity contribution in [2.24, 2.45) is 11.1 Å². The highest BCUT2D eigenvalue weighted by Gasteiger charge is 2.08. The number of carboxylic acid groups (broad SMARTS) is 1. The molecule has 0 aliphatic rings. The Kier molecular flexibility index (Phi) is 15.7. The standard InChI is InChI=1S/C4H9NO2S.2ClH/c1-3(2-8-5)4(6)7;;/h3H,2,5H2,1H3,(H,6,7);2*1H/t3-;;/m1../s1. The minimum absolute atomic E-state index is 0. The van der Waals surface area contributed by atoms with Crippen LogP contribution in [0.4, 0.5) is 0 Å². The van der Waals surface area contributed by atoms with Gasteiger partial charge in [0.15, 0.2) is 0 Å². The molecule has 0 aliphatic heterocycles. The normalized spacial score (nSPS) is 10.6. The molecule has 0 saturated heterocycles. The Balaban J connectivity index is -0.000000245. The predicted octanol–water partition coefficient (Wildman–Crippen LogP) is 1.16. The minimum Gasteiger partial charge on any atom is -0.481 e. The van der Waals surface area contributed by atoms with Crippen LogP contribution in [0.5, 0.6) is 0 Å². The van der Waals surface area contributed by atoms with Crippen molar-refractivity contribution in [2.75, 3.05) is 5.75 Å². The maximum Gasteiger partial charge on any atom is 0.307 e. The molecule has 0 unspecified atom stereocenters. The Morgan fingerprint density at radius 2 is 2.10 bits per heavy atom. The van der Waals surface area contributed by atoms with Gasteiger partial charge in [0, 0.05) is 5.75 Å². The summed E-state index contributed by atoms with van der Waals surface area (Å²) in [6, 6.07) is 0. The summed E-state index contributed by atoms with van der Waals surface area (Å²) in [5.74, 6) is -0.636. The summed E-state index contributed by atoms with van der Waals surface area (Å²) >= 11 is 1.06. The van der Waals surface area contributed by atoms with Crippen LogP contribution in [0, 0.1) is 5.92 Å². The first kappa shape index (κ1) is 16.8. The SMILES string of the molecule is C[C@H](CSN)C(=O)O.Cl.Cl. The molecule has 3 nitrogen and oxygen atoms in total. The van der Waals surface area contributed by atoms with E-state index in [0.29, 0.717) is 5.75 Å². The van der Waals surface area contributed by atoms with E-state index in [1.54, 1.807) is 6.92 Å². The number of aliphatic carboxylic acids is 1. The van der Waals surface area contributed by atoms with Gasteiger partial charge in [0.05, 0.1) is 5.92 Å². The predicted molar refractivity (Wildman–Crippen MR) is 47.9 cm³/mol. The maximum absolute atomic E-state index is 10.0. The van der Waals surface area contributed by atoms with E-state index in [2.05, 4.69) is 0 Å². The van der Waals surface area contributed by atoms with Gasteiger partial charge in [0.25, 0.3) is 0 Å². The van der Waals surface area contributed by atoms with E-state index in [0.717, 1.165) is 11.9 Å². The topological polar surface area (TPSA) is 63.3 Å². The Morgan fingerprint density at radius 3 is 2.20 bits per heavy atom. The third-order valence-corrected chi connectivity index (χ3v) is 1.46. The number of rotatable bonds is 3. The molecule has 0 amide bonds. The average molecular weight is 208 g/mol. The molecule has 0 aromatic carbocycles. The summed E-state index contributed by atoms with van der Waals surface area (Å²) in [7, 11) is 0. The van der Waals surface area contributed by atoms with Crippen LogP contribution < -0.4 is 5.14 Å². The van der Waals surface area contributed by atoms with Crippen molar-refractivity contribution in [3.05, 3.63) is 0 Å². The zero-order chi connectivity index (χ0) is 6.57. The van der Waals surface area contributed by atoms with E-state index < -0.39 is 5.97 Å². The molecular formula is C4H11Cl2NO2S. The lowest BCUT2D eigenvalue weighted by molar-refractivity contribution is -0.140. The van der Waals surface area contributed by atoms with Gasteiger partial charge < -0.3 is 5.11 Å². The molecule has 0 bridgehead atoms. The monoisotopic (exact) mass is 207 g/mol. The van der Waals surface area contributed by atoms with Crippen LogP contribution in [0.3, 0.4) is 0 Å². The second kappa shape index (κ2) is 9.36. The number of hydrogen-bond acceptors (Lipinski definition) is 3. The highest BCUT2D eigenvalue weighted by atomic mass is 35.5. The van der Waals surface area contributed by atoms with E-state index in [1.165, 1.54) is 0 Å². The first-order valence-corrected chi connectivity index (χ1v) is 3.28. The first-order chi connectivity index (χ1) is 3.68. The van der Waals surface area contributed by atoms with Crippen LogP contribution in [0.1, 0.15) is 6.92 Å². The average Bonchev–Trinajstić information content (AvgIpc) is 1.67. The molecule has 0 aliphatic carbocycles. The Bertz CT molecular complexity index is 93.3. The van der Waals surface area contributed by atoms with Crippen LogP contribution in [0.15, 0.2) is 0 Å². The summed E-state index contributed by atoms with van der Waals surface area (Å²) < 4.78 is 0. The van der Waals surface area contributed by atoms with Crippen molar-refractivity contribution in [2.45, 2.75) is 6.92 Å². The second-order valence-corrected chi connectivity index (χ2v) is 2.24. The molecule has 0 radical (unpaired) electrons. The van der Waals surface area contributed by atoms with Crippen LogP contribution in [-0.2, 0) is 4.79 Å². The van der Waals surface area contributed by atoms with Crippen LogP contribution >= 0.6 is 36.8 Å². The quantitative estimate of drug-likeness (QED) is 0.683. The van der Waals surface area contributed by atoms with Crippen molar-refractivity contribution in [1.29, 1.82) is 0 Å². The smallest absolute Gasteiger partial charge is 0.307 e. The molecule has 10 heavy (non-hydrogen) atoms. The molecule has 6 heteroatoms. The maximum atomic E-state index is 10.0. The molecule has 0 spiro atoms. The Morgan fingerprint density at radius 1 is 1.70 bits per heavy atom. The first-order valence-electron chi connectivity index (χ1n) is 2.23. The van der Waals surface area contributed by atoms with Crippen molar-refractivity contribution >= 4 is 42.7 Å². The molecular weight excluding hydrogens is 197 g/mol. The van der Waals surface area contributed by atoms with Crippen molar-refractivity contribution in [3.8, 4) is 0 Å². The van der Waals surface area contributed by atoms with Gasteiger partial charge in [-0.15, -0.1) is 24.8 Å². The van der Waals surface area contributed by atoms with E-state index in [4.69, 9.17) is 10.2 Å². The Labute approximate surface area is 76.7 Å². The third-order valence-electron chi connectivity index (χ3n) is 0.768. The lowest BCUT2D eigenvalue weighted by Gasteiger charge is -1.99. The lowest BCUT2D eigenvalue weighted by Crippen LogP contribution is -2.12. The largest absolute Gasteiger partial charge is 0.481 e. The van der Waals surface area contributed by atoms with Gasteiger partial charge in [0.2, 0.25) is 0 Å². The fraction of sp³-hybridized carbons (Fsp3) is 0.750. The number of halogens is 2. The highest BCUT2D eigenvalue weighted by Crippen LogP contribution is 2.00. The molecule has 1 atom stereocenters. The molecule has 3 N–H and O–H groups in total. The zero-order valence-corrected chi connectivity index (χ0v) is 7.89. The fourth-order valence-electron chi connectivity index (χ4n) is 0.216. The van der Waals surface area contributed by atoms with Crippen molar-refractivity contribution in [3.63, 3.8) is 0 Å². The van der Waals surface area contributed by atoms with Gasteiger partial charge in [-0.3, -0.25) is 9.93 Å². The third kappa shape index (κ3) is 8.36. The molecule has 64 valence electrons. The van der Waals surface area contributed by atoms with Gasteiger partial charge >= 0.3 is 5.97 Å². The fourth-order valence-corrected chi connectivity index (χ4v) is 0.647. The summed E-state index contributed by atoms with van der Waals surface area (Å²) in [6.07, 6.45) is 0. The van der Waals surface area contributed by atoms with Gasteiger partial charge in [-0.25, -0.2) is 0 Å². The molecule has 0 aromatic rings. The van der Waals surface area contributed by atoms with E-state index in [-0.39, 0.29) is 30.7 Å². The molecule has 0 fully saturated rings. The summed E-state index contributed by atoms with van der Waals surface area (Å²) in [5, 5.41) is 13.3. The zero-order valence-electron chi connectivity index (χ0n) is 5.44. The Hall–Kier alpha value is 0.360. The molecule has 0 aromatic heterocycles. The van der Waals surface area contributed by atoms with Gasteiger partial charge in [-0.05, 0) is 0 Å². The van der Waals surface area contributed by atoms with Crippen LogP contribution in [-0.4, -0.2) is 16.8 Å². The van der Waals surface area contributed by atoms with Gasteiger partial charge in [0.1, 0.15) is 0 Å². The second-order valence-electron chi connectivity index (χ2n) is 1.57. The van der Waals surface area contributed by atoms with Gasteiger partial charge in [-0.1, -0.05) is 18.9 Å². The van der Waals surface area contributed by atoms with Crippen LogP contribution in [0.25, 0.3) is 0 Å². The van der Waals surface area contributed by atoms with E-state index >= 15 is 0 Å². The molecule has 0 heterocycles. The number of nitrogens with two attached hydrogens (primary N) is 1. The molecule has 0 saturated carbocycles. The summed E-state index contributed by atoms with van der Waals surface area (Å²) in [5.41, 5.74) is 0. The van der Waals surface area contributed by atoms with Crippen molar-refractivity contribution < 1.29 is 9.90 Å².